The van der Waals surface area contributed by atoms with Crippen molar-refractivity contribution >= 4 is 5.91 Å². The molecule has 4 atom stereocenters. The fraction of sp³-hybridized carbons (Fsp3) is 0.667. The lowest BCUT2D eigenvalue weighted by Crippen LogP contribution is -2.34. The third-order valence-corrected chi connectivity index (χ3v) is 6.47. The minimum atomic E-state index is 0.242. The van der Waals surface area contributed by atoms with Crippen LogP contribution in [-0.4, -0.2) is 37.0 Å². The van der Waals surface area contributed by atoms with Crippen molar-refractivity contribution in [2.45, 2.75) is 44.9 Å². The maximum atomic E-state index is 12.9. The van der Waals surface area contributed by atoms with Gasteiger partial charge < -0.3 is 10.2 Å². The summed E-state index contributed by atoms with van der Waals surface area (Å²) in [5.41, 5.74) is 2.74. The van der Waals surface area contributed by atoms with E-state index in [2.05, 4.69) is 48.3 Å². The molecule has 1 aromatic rings. The van der Waals surface area contributed by atoms with E-state index >= 15 is 0 Å². The van der Waals surface area contributed by atoms with Gasteiger partial charge in [-0.3, -0.25) is 4.79 Å². The first-order chi connectivity index (χ1) is 11.6. The molecule has 3 aliphatic rings. The van der Waals surface area contributed by atoms with Crippen LogP contribution in [0.25, 0.3) is 0 Å². The normalized spacial score (nSPS) is 32.5. The van der Waals surface area contributed by atoms with Gasteiger partial charge in [-0.05, 0) is 67.2 Å². The van der Waals surface area contributed by atoms with Crippen LogP contribution in [0, 0.1) is 17.8 Å². The van der Waals surface area contributed by atoms with Gasteiger partial charge in [0.2, 0.25) is 5.91 Å². The Labute approximate surface area is 145 Å². The van der Waals surface area contributed by atoms with E-state index in [4.69, 9.17) is 0 Å². The molecule has 0 radical (unpaired) electrons. The van der Waals surface area contributed by atoms with E-state index in [1.165, 1.54) is 24.0 Å². The average Bonchev–Trinajstić information content (AvgIpc) is 3.32. The summed E-state index contributed by atoms with van der Waals surface area (Å²) in [5.74, 6) is 3.28. The summed E-state index contributed by atoms with van der Waals surface area (Å²) >= 11 is 0. The van der Waals surface area contributed by atoms with E-state index in [9.17, 15) is 4.79 Å². The minimum absolute atomic E-state index is 0.242. The van der Waals surface area contributed by atoms with Crippen LogP contribution in [0.5, 0.6) is 0 Å². The molecule has 2 aliphatic heterocycles. The number of nitrogens with one attached hydrogen (secondary N) is 1. The number of benzene rings is 1. The van der Waals surface area contributed by atoms with Crippen LogP contribution in [0.1, 0.15) is 56.1 Å². The Kier molecular flexibility index (Phi) is 4.38. The van der Waals surface area contributed by atoms with Crippen LogP contribution in [0.3, 0.4) is 0 Å². The lowest BCUT2D eigenvalue weighted by Gasteiger charge is -2.21. The highest BCUT2D eigenvalue weighted by atomic mass is 16.2. The van der Waals surface area contributed by atoms with Crippen LogP contribution in [0.4, 0.5) is 0 Å². The van der Waals surface area contributed by atoms with E-state index in [1.807, 2.05) is 0 Å². The van der Waals surface area contributed by atoms with Crippen LogP contribution in [0.2, 0.25) is 0 Å². The molecule has 0 spiro atoms. The summed E-state index contributed by atoms with van der Waals surface area (Å²) in [4.78, 5) is 15.1. The van der Waals surface area contributed by atoms with Gasteiger partial charge >= 0.3 is 0 Å². The number of hydrogen-bond acceptors (Lipinski definition) is 2. The van der Waals surface area contributed by atoms with Crippen molar-refractivity contribution in [1.82, 2.24) is 10.2 Å². The number of carbonyl (C=O) groups excluding carboxylic acids is 1. The first-order valence-corrected chi connectivity index (χ1v) is 9.73. The molecule has 2 unspecified atom stereocenters. The van der Waals surface area contributed by atoms with Crippen molar-refractivity contribution < 1.29 is 4.79 Å². The van der Waals surface area contributed by atoms with Crippen LogP contribution in [0.15, 0.2) is 24.3 Å². The van der Waals surface area contributed by atoms with Gasteiger partial charge in [-0.15, -0.1) is 0 Å². The number of carbonyl (C=O) groups is 1. The quantitative estimate of drug-likeness (QED) is 0.923. The molecule has 24 heavy (non-hydrogen) atoms. The van der Waals surface area contributed by atoms with E-state index in [0.717, 1.165) is 44.4 Å². The van der Waals surface area contributed by atoms with Crippen molar-refractivity contribution in [3.8, 4) is 0 Å². The highest BCUT2D eigenvalue weighted by Gasteiger charge is 2.46. The van der Waals surface area contributed by atoms with Crippen molar-refractivity contribution in [2.75, 3.05) is 26.2 Å². The molecule has 0 bridgehead atoms. The first kappa shape index (κ1) is 16.1. The molecule has 2 heterocycles. The predicted molar refractivity (Wildman–Crippen MR) is 97.0 cm³/mol. The van der Waals surface area contributed by atoms with E-state index in [0.29, 0.717) is 17.7 Å². The Hall–Kier alpha value is -1.35. The molecule has 3 heteroatoms. The largest absolute Gasteiger partial charge is 0.342 e. The number of nitrogens with zero attached hydrogens (tertiary/aromatic N) is 1. The van der Waals surface area contributed by atoms with Gasteiger partial charge in [0.15, 0.2) is 0 Å². The Balaban J connectivity index is 1.36. The lowest BCUT2D eigenvalue weighted by molar-refractivity contribution is -0.132. The second-order valence-corrected chi connectivity index (χ2v) is 8.35. The molecule has 3 fully saturated rings. The second-order valence-electron chi connectivity index (χ2n) is 8.35. The van der Waals surface area contributed by atoms with Gasteiger partial charge in [-0.2, -0.15) is 0 Å². The van der Waals surface area contributed by atoms with Crippen LogP contribution >= 0.6 is 0 Å². The van der Waals surface area contributed by atoms with Crippen LogP contribution < -0.4 is 5.32 Å². The highest BCUT2D eigenvalue weighted by Crippen LogP contribution is 2.49. The molecule has 0 aromatic heterocycles. The van der Waals surface area contributed by atoms with Crippen molar-refractivity contribution in [3.05, 3.63) is 35.4 Å². The maximum Gasteiger partial charge on any atom is 0.226 e. The maximum absolute atomic E-state index is 12.9. The minimum Gasteiger partial charge on any atom is -0.342 e. The fourth-order valence-corrected chi connectivity index (χ4v) is 4.64. The second kappa shape index (κ2) is 6.51. The molecule has 1 amide bonds. The molecule has 1 aromatic carbocycles. The van der Waals surface area contributed by atoms with Gasteiger partial charge in [0, 0.05) is 19.0 Å². The van der Waals surface area contributed by atoms with E-state index in [1.54, 1.807) is 0 Å². The summed E-state index contributed by atoms with van der Waals surface area (Å²) in [6.07, 6.45) is 3.42. The standard InChI is InChI=1S/C21H30N2O/c1-14(2)15-3-5-16(6-4-15)19-11-20(19)21(24)23-9-7-17-12-22-13-18(17)8-10-23/h3-6,14,17-20,22H,7-13H2,1-2H3/t17-,18+,19?,20?. The average molecular weight is 326 g/mol. The fourth-order valence-electron chi connectivity index (χ4n) is 4.64. The van der Waals surface area contributed by atoms with E-state index in [-0.39, 0.29) is 5.92 Å². The third-order valence-electron chi connectivity index (χ3n) is 6.47. The van der Waals surface area contributed by atoms with Gasteiger partial charge in [0.05, 0.1) is 0 Å². The lowest BCUT2D eigenvalue weighted by atomic mass is 9.92. The summed E-state index contributed by atoms with van der Waals surface area (Å²) < 4.78 is 0. The van der Waals surface area contributed by atoms with E-state index < -0.39 is 0 Å². The molecule has 3 nitrogen and oxygen atoms in total. The zero-order valence-corrected chi connectivity index (χ0v) is 15.0. The SMILES string of the molecule is CC(C)c1ccc(C2CC2C(=O)N2CC[C@@H]3CNC[C@@H]3CC2)cc1. The van der Waals surface area contributed by atoms with Gasteiger partial charge in [0.1, 0.15) is 0 Å². The zero-order chi connectivity index (χ0) is 16.7. The summed E-state index contributed by atoms with van der Waals surface area (Å²) in [5, 5.41) is 3.51. The summed E-state index contributed by atoms with van der Waals surface area (Å²) in [6.45, 7) is 8.70. The summed E-state index contributed by atoms with van der Waals surface area (Å²) in [7, 11) is 0. The third kappa shape index (κ3) is 3.11. The molecule has 4 rings (SSSR count). The highest BCUT2D eigenvalue weighted by molar-refractivity contribution is 5.83. The topological polar surface area (TPSA) is 32.3 Å². The van der Waals surface area contributed by atoms with Crippen LogP contribution in [-0.2, 0) is 4.79 Å². The van der Waals surface area contributed by atoms with Gasteiger partial charge in [-0.1, -0.05) is 38.1 Å². The monoisotopic (exact) mass is 326 g/mol. The molecule has 1 N–H and O–H groups in total. The number of fused-ring (bicyclic) bond motifs is 1. The first-order valence-electron chi connectivity index (χ1n) is 9.73. The molecular formula is C21H30N2O. The molecule has 1 aliphatic carbocycles. The van der Waals surface area contributed by atoms with Crippen molar-refractivity contribution in [3.63, 3.8) is 0 Å². The van der Waals surface area contributed by atoms with Crippen molar-refractivity contribution in [1.29, 1.82) is 0 Å². The molecular weight excluding hydrogens is 296 g/mol. The Morgan fingerprint density at radius 2 is 1.71 bits per heavy atom. The Morgan fingerprint density at radius 3 is 2.29 bits per heavy atom. The zero-order valence-electron chi connectivity index (χ0n) is 15.0. The predicted octanol–water partition coefficient (Wildman–Crippen LogP) is 3.37. The summed E-state index contributed by atoms with van der Waals surface area (Å²) in [6, 6.07) is 8.96. The number of amides is 1. The molecule has 130 valence electrons. The van der Waals surface area contributed by atoms with Crippen molar-refractivity contribution in [2.24, 2.45) is 17.8 Å². The number of likely N-dealkylation sites (tertiary alicyclic amines) is 1. The smallest absolute Gasteiger partial charge is 0.226 e. The number of hydrogen-bond donors (Lipinski definition) is 1. The van der Waals surface area contributed by atoms with Gasteiger partial charge in [0.25, 0.3) is 0 Å². The molecule has 1 saturated carbocycles. The Morgan fingerprint density at radius 1 is 1.08 bits per heavy atom. The Bertz CT molecular complexity index is 580. The van der Waals surface area contributed by atoms with Gasteiger partial charge in [-0.25, -0.2) is 0 Å². The number of rotatable bonds is 3. The molecule has 2 saturated heterocycles.